The van der Waals surface area contributed by atoms with Crippen LogP contribution in [0.25, 0.3) is 0 Å². The number of fused-ring (bicyclic) bond motifs is 1. The number of carbonyl (C=O) groups is 2. The largest absolute Gasteiger partial charge is 0.497 e. The van der Waals surface area contributed by atoms with Crippen LogP contribution >= 0.6 is 0 Å². The number of ether oxygens (including phenoxy) is 3. The normalized spacial score (nSPS) is 17.5. The van der Waals surface area contributed by atoms with Crippen LogP contribution in [0.5, 0.6) is 11.5 Å². The van der Waals surface area contributed by atoms with Crippen molar-refractivity contribution in [3.8, 4) is 11.5 Å². The van der Waals surface area contributed by atoms with Crippen LogP contribution in [-0.2, 0) is 11.3 Å². The van der Waals surface area contributed by atoms with Crippen LogP contribution < -0.4 is 9.47 Å². The van der Waals surface area contributed by atoms with E-state index in [0.717, 1.165) is 17.1 Å². The molecule has 1 fully saturated rings. The van der Waals surface area contributed by atoms with Gasteiger partial charge in [-0.25, -0.2) is 4.79 Å². The van der Waals surface area contributed by atoms with Gasteiger partial charge >= 0.3 is 5.97 Å². The second kappa shape index (κ2) is 7.16. The summed E-state index contributed by atoms with van der Waals surface area (Å²) in [6.07, 6.45) is 1.03. The maximum Gasteiger partial charge on any atom is 0.336 e. The lowest BCUT2D eigenvalue weighted by Crippen LogP contribution is -2.52. The molecule has 2 aliphatic rings. The minimum absolute atomic E-state index is 0.0147. The zero-order chi connectivity index (χ0) is 19.7. The fourth-order valence-corrected chi connectivity index (χ4v) is 3.66. The molecule has 4 rings (SSSR count). The summed E-state index contributed by atoms with van der Waals surface area (Å²) in [4.78, 5) is 25.9. The minimum Gasteiger partial charge on any atom is -0.497 e. The summed E-state index contributed by atoms with van der Waals surface area (Å²) in [5.74, 6) is -0.635. The van der Waals surface area contributed by atoms with Crippen molar-refractivity contribution in [1.82, 2.24) is 4.90 Å². The van der Waals surface area contributed by atoms with Crippen LogP contribution in [0.15, 0.2) is 42.5 Å². The van der Waals surface area contributed by atoms with Crippen LogP contribution in [0.1, 0.15) is 39.1 Å². The number of benzene rings is 2. The predicted molar refractivity (Wildman–Crippen MR) is 99.7 cm³/mol. The fourth-order valence-electron chi connectivity index (χ4n) is 3.66. The number of amides is 1. The van der Waals surface area contributed by atoms with Crippen LogP contribution in [0.3, 0.4) is 0 Å². The second-order valence-corrected chi connectivity index (χ2v) is 6.92. The summed E-state index contributed by atoms with van der Waals surface area (Å²) in [5.41, 5.74) is 1.15. The fraction of sp³-hybridized carbons (Fsp3) is 0.333. The molecule has 7 heteroatoms. The van der Waals surface area contributed by atoms with Crippen molar-refractivity contribution in [2.24, 2.45) is 0 Å². The first kappa shape index (κ1) is 18.3. The summed E-state index contributed by atoms with van der Waals surface area (Å²) < 4.78 is 17.4. The van der Waals surface area contributed by atoms with Crippen molar-refractivity contribution in [2.75, 3.05) is 20.2 Å². The Morgan fingerprint density at radius 1 is 1.11 bits per heavy atom. The van der Waals surface area contributed by atoms with Gasteiger partial charge in [-0.3, -0.25) is 4.79 Å². The van der Waals surface area contributed by atoms with Crippen molar-refractivity contribution in [2.45, 2.75) is 25.2 Å². The number of hydrogen-bond donors (Lipinski definition) is 1. The van der Waals surface area contributed by atoms with E-state index in [1.54, 1.807) is 30.2 Å². The number of methoxy groups -OCH3 is 1. The third kappa shape index (κ3) is 3.29. The maximum atomic E-state index is 12.8. The molecule has 2 aromatic rings. The van der Waals surface area contributed by atoms with E-state index in [4.69, 9.17) is 14.2 Å². The van der Waals surface area contributed by atoms with Gasteiger partial charge in [-0.2, -0.15) is 0 Å². The molecule has 2 heterocycles. The van der Waals surface area contributed by atoms with Gasteiger partial charge in [-0.05, 0) is 30.3 Å². The molecule has 1 saturated heterocycles. The highest BCUT2D eigenvalue weighted by atomic mass is 16.7. The summed E-state index contributed by atoms with van der Waals surface area (Å²) in [6, 6.07) is 11.9. The van der Waals surface area contributed by atoms with Gasteiger partial charge in [0.2, 0.25) is 5.79 Å². The highest BCUT2D eigenvalue weighted by Gasteiger charge is 2.42. The van der Waals surface area contributed by atoms with Gasteiger partial charge in [-0.1, -0.05) is 12.1 Å². The molecular formula is C21H21NO6. The van der Waals surface area contributed by atoms with E-state index in [1.807, 2.05) is 18.2 Å². The molecule has 1 spiro atoms. The third-order valence-electron chi connectivity index (χ3n) is 5.25. The van der Waals surface area contributed by atoms with Gasteiger partial charge in [0.05, 0.1) is 24.8 Å². The number of aromatic carboxylic acids is 1. The van der Waals surface area contributed by atoms with Crippen molar-refractivity contribution >= 4 is 11.9 Å². The summed E-state index contributed by atoms with van der Waals surface area (Å²) in [5, 5.41) is 9.32. The van der Waals surface area contributed by atoms with Gasteiger partial charge in [0.15, 0.2) is 0 Å². The molecule has 0 bridgehead atoms. The smallest absolute Gasteiger partial charge is 0.336 e. The number of carboxylic acids is 1. The molecule has 146 valence electrons. The van der Waals surface area contributed by atoms with Crippen LogP contribution in [0, 0.1) is 0 Å². The maximum absolute atomic E-state index is 12.8. The van der Waals surface area contributed by atoms with Crippen molar-refractivity contribution in [1.29, 1.82) is 0 Å². The number of rotatable bonds is 3. The van der Waals surface area contributed by atoms with Crippen LogP contribution in [-0.4, -0.2) is 47.9 Å². The Balaban J connectivity index is 1.46. The second-order valence-electron chi connectivity index (χ2n) is 6.92. The Bertz CT molecular complexity index is 917. The number of carbonyl (C=O) groups excluding carboxylic acids is 1. The SMILES string of the molecule is COc1ccc2c(c1)COC1(CCN(C(=O)c3ccccc3C(=O)O)CC1)O2. The Kier molecular flexibility index (Phi) is 4.68. The van der Waals surface area contributed by atoms with Gasteiger partial charge in [0.25, 0.3) is 5.91 Å². The van der Waals surface area contributed by atoms with Gasteiger partial charge < -0.3 is 24.2 Å². The lowest BCUT2D eigenvalue weighted by atomic mass is 9.99. The Morgan fingerprint density at radius 3 is 2.50 bits per heavy atom. The molecule has 0 atom stereocenters. The topological polar surface area (TPSA) is 85.3 Å². The third-order valence-corrected chi connectivity index (χ3v) is 5.25. The van der Waals surface area contributed by atoms with Crippen molar-refractivity contribution < 1.29 is 28.9 Å². The number of hydrogen-bond acceptors (Lipinski definition) is 5. The van der Waals surface area contributed by atoms with E-state index in [2.05, 4.69) is 0 Å². The molecule has 1 amide bonds. The Labute approximate surface area is 162 Å². The summed E-state index contributed by atoms with van der Waals surface area (Å²) >= 11 is 0. The van der Waals surface area contributed by atoms with E-state index in [-0.39, 0.29) is 17.0 Å². The predicted octanol–water partition coefficient (Wildman–Crippen LogP) is 2.93. The highest BCUT2D eigenvalue weighted by Crippen LogP contribution is 2.39. The molecule has 0 saturated carbocycles. The average molecular weight is 383 g/mol. The standard InChI is InChI=1S/C21H21NO6/c1-26-15-6-7-18-14(12-15)13-27-21(28-18)8-10-22(11-9-21)19(23)16-4-2-3-5-17(16)20(24)25/h2-7,12H,8-11,13H2,1H3,(H,24,25). The van der Waals surface area contributed by atoms with E-state index in [0.29, 0.717) is 32.5 Å². The molecule has 0 aliphatic carbocycles. The number of likely N-dealkylation sites (tertiary alicyclic amines) is 1. The lowest BCUT2D eigenvalue weighted by Gasteiger charge is -2.44. The van der Waals surface area contributed by atoms with Gasteiger partial charge in [0, 0.05) is 31.5 Å². The van der Waals surface area contributed by atoms with E-state index in [1.165, 1.54) is 6.07 Å². The molecule has 0 unspecified atom stereocenters. The van der Waals surface area contributed by atoms with Crippen LogP contribution in [0.4, 0.5) is 0 Å². The minimum atomic E-state index is -1.11. The summed E-state index contributed by atoms with van der Waals surface area (Å²) in [7, 11) is 1.61. The molecule has 28 heavy (non-hydrogen) atoms. The quantitative estimate of drug-likeness (QED) is 0.877. The van der Waals surface area contributed by atoms with E-state index >= 15 is 0 Å². The van der Waals surface area contributed by atoms with Crippen LogP contribution in [0.2, 0.25) is 0 Å². The Morgan fingerprint density at radius 2 is 1.82 bits per heavy atom. The molecular weight excluding hydrogens is 362 g/mol. The number of carboxylic acid groups (broad SMARTS) is 1. The van der Waals surface area contributed by atoms with E-state index < -0.39 is 11.8 Å². The number of piperidine rings is 1. The van der Waals surface area contributed by atoms with E-state index in [9.17, 15) is 14.7 Å². The van der Waals surface area contributed by atoms with Crippen molar-refractivity contribution in [3.63, 3.8) is 0 Å². The first-order valence-electron chi connectivity index (χ1n) is 9.13. The zero-order valence-electron chi connectivity index (χ0n) is 15.5. The molecule has 1 N–H and O–H groups in total. The molecule has 2 aliphatic heterocycles. The first-order chi connectivity index (χ1) is 13.5. The zero-order valence-corrected chi connectivity index (χ0v) is 15.5. The molecule has 0 aromatic heterocycles. The van der Waals surface area contributed by atoms with Gasteiger partial charge in [0.1, 0.15) is 11.5 Å². The lowest BCUT2D eigenvalue weighted by molar-refractivity contribution is -0.225. The number of nitrogens with zero attached hydrogens (tertiary/aromatic N) is 1. The Hall–Kier alpha value is -3.06. The monoisotopic (exact) mass is 383 g/mol. The molecule has 7 nitrogen and oxygen atoms in total. The molecule has 0 radical (unpaired) electrons. The summed E-state index contributed by atoms with van der Waals surface area (Å²) in [6.45, 7) is 1.28. The van der Waals surface area contributed by atoms with Crippen molar-refractivity contribution in [3.05, 3.63) is 59.2 Å². The van der Waals surface area contributed by atoms with Gasteiger partial charge in [-0.15, -0.1) is 0 Å². The molecule has 2 aromatic carbocycles. The first-order valence-corrected chi connectivity index (χ1v) is 9.13. The highest BCUT2D eigenvalue weighted by molar-refractivity contribution is 6.04. The average Bonchev–Trinajstić information content (AvgIpc) is 2.73.